The third kappa shape index (κ3) is 2.98. The van der Waals surface area contributed by atoms with Gasteiger partial charge in [0.05, 0.1) is 6.04 Å². The lowest BCUT2D eigenvalue weighted by atomic mass is 9.86. The van der Waals surface area contributed by atoms with Crippen LogP contribution in [0.3, 0.4) is 0 Å². The van der Waals surface area contributed by atoms with Crippen LogP contribution in [0.4, 0.5) is 4.39 Å². The number of halogens is 1. The van der Waals surface area contributed by atoms with Crippen molar-refractivity contribution in [2.45, 2.75) is 58.2 Å². The molecule has 0 aliphatic carbocycles. The first-order valence-corrected chi connectivity index (χ1v) is 7.09. The Kier molecular flexibility index (Phi) is 3.98. The van der Waals surface area contributed by atoms with Crippen LogP contribution in [0.2, 0.25) is 0 Å². The number of piperidine rings is 1. The minimum Gasteiger partial charge on any atom is -0.326 e. The number of nitrogens with zero attached hydrogens (tertiary/aromatic N) is 1. The normalized spacial score (nSPS) is 25.6. The highest BCUT2D eigenvalue weighted by Crippen LogP contribution is 2.35. The largest absolute Gasteiger partial charge is 0.326 e. The van der Waals surface area contributed by atoms with Crippen LogP contribution in [-0.4, -0.2) is 23.0 Å². The highest BCUT2D eigenvalue weighted by Gasteiger charge is 2.36. The Bertz CT molecular complexity index is 451. The maximum absolute atomic E-state index is 13.8. The fraction of sp³-hybridized carbons (Fsp3) is 0.625. The van der Waals surface area contributed by atoms with Crippen LogP contribution in [0.5, 0.6) is 0 Å². The molecule has 1 aliphatic rings. The molecule has 1 saturated heterocycles. The van der Waals surface area contributed by atoms with Gasteiger partial charge in [0.1, 0.15) is 5.82 Å². The van der Waals surface area contributed by atoms with Crippen molar-refractivity contribution in [3.8, 4) is 0 Å². The Balaban J connectivity index is 2.39. The first kappa shape index (κ1) is 14.5. The van der Waals surface area contributed by atoms with Crippen LogP contribution in [0.1, 0.15) is 50.8 Å². The van der Waals surface area contributed by atoms with Gasteiger partial charge in [-0.25, -0.2) is 4.39 Å². The molecule has 1 aromatic carbocycles. The molecule has 2 N–H and O–H groups in total. The van der Waals surface area contributed by atoms with Gasteiger partial charge >= 0.3 is 0 Å². The maximum atomic E-state index is 13.8. The van der Waals surface area contributed by atoms with Crippen LogP contribution in [0.25, 0.3) is 0 Å². The smallest absolute Gasteiger partial charge is 0.126 e. The predicted octanol–water partition coefficient (Wildman–Crippen LogP) is 3.40. The van der Waals surface area contributed by atoms with Gasteiger partial charge in [-0.3, -0.25) is 4.90 Å². The van der Waals surface area contributed by atoms with Crippen molar-refractivity contribution in [2.24, 2.45) is 5.73 Å². The number of hydrogen-bond donors (Lipinski definition) is 1. The molecular weight excluding hydrogens is 239 g/mol. The van der Waals surface area contributed by atoms with E-state index in [1.165, 1.54) is 0 Å². The van der Waals surface area contributed by atoms with E-state index in [4.69, 9.17) is 5.73 Å². The number of aryl methyl sites for hydroxylation is 1. The zero-order chi connectivity index (χ0) is 14.2. The average Bonchev–Trinajstić information content (AvgIpc) is 2.31. The number of likely N-dealkylation sites (tertiary alicyclic amines) is 1. The standard InChI is InChI=1S/C16H25FN2/c1-11-7-8-12(10-13(11)17)15-14(18)6-5-9-19(15)16(2,3)4/h7-8,10,14-15H,5-6,9,18H2,1-4H3. The van der Waals surface area contributed by atoms with Crippen molar-refractivity contribution < 1.29 is 4.39 Å². The van der Waals surface area contributed by atoms with E-state index in [0.717, 1.165) is 24.9 Å². The topological polar surface area (TPSA) is 29.3 Å². The lowest BCUT2D eigenvalue weighted by Gasteiger charge is -2.47. The van der Waals surface area contributed by atoms with Gasteiger partial charge < -0.3 is 5.73 Å². The zero-order valence-corrected chi connectivity index (χ0v) is 12.4. The van der Waals surface area contributed by atoms with E-state index in [0.29, 0.717) is 5.56 Å². The van der Waals surface area contributed by atoms with Gasteiger partial charge in [0.15, 0.2) is 0 Å². The summed E-state index contributed by atoms with van der Waals surface area (Å²) in [5.74, 6) is -0.135. The molecule has 1 heterocycles. The van der Waals surface area contributed by atoms with Gasteiger partial charge in [0.25, 0.3) is 0 Å². The molecule has 106 valence electrons. The summed E-state index contributed by atoms with van der Waals surface area (Å²) in [6.45, 7) is 9.41. The Morgan fingerprint density at radius 2 is 2.00 bits per heavy atom. The molecule has 2 atom stereocenters. The first-order chi connectivity index (χ1) is 8.80. The van der Waals surface area contributed by atoms with Crippen molar-refractivity contribution in [1.29, 1.82) is 0 Å². The van der Waals surface area contributed by atoms with Crippen LogP contribution in [0.15, 0.2) is 18.2 Å². The van der Waals surface area contributed by atoms with E-state index >= 15 is 0 Å². The minimum absolute atomic E-state index is 0.0457. The van der Waals surface area contributed by atoms with Gasteiger partial charge in [-0.05, 0) is 64.3 Å². The van der Waals surface area contributed by atoms with E-state index in [9.17, 15) is 4.39 Å². The second-order valence-corrected chi connectivity index (χ2v) is 6.62. The Morgan fingerprint density at radius 3 is 2.58 bits per heavy atom. The average molecular weight is 264 g/mol. The highest BCUT2D eigenvalue weighted by molar-refractivity contribution is 5.27. The molecule has 2 rings (SSSR count). The molecule has 0 saturated carbocycles. The zero-order valence-electron chi connectivity index (χ0n) is 12.4. The molecule has 19 heavy (non-hydrogen) atoms. The third-order valence-corrected chi connectivity index (χ3v) is 4.08. The summed E-state index contributed by atoms with van der Waals surface area (Å²) in [7, 11) is 0. The van der Waals surface area contributed by atoms with Crippen molar-refractivity contribution in [2.75, 3.05) is 6.54 Å². The molecule has 0 aromatic heterocycles. The lowest BCUT2D eigenvalue weighted by molar-refractivity contribution is 0.0383. The van der Waals surface area contributed by atoms with E-state index in [1.807, 2.05) is 12.1 Å². The molecule has 1 fully saturated rings. The summed E-state index contributed by atoms with van der Waals surface area (Å²) in [6, 6.07) is 5.72. The molecule has 0 bridgehead atoms. The molecule has 0 spiro atoms. The maximum Gasteiger partial charge on any atom is 0.126 e. The van der Waals surface area contributed by atoms with Crippen LogP contribution in [0, 0.1) is 12.7 Å². The van der Waals surface area contributed by atoms with Gasteiger partial charge in [-0.1, -0.05) is 12.1 Å². The van der Waals surface area contributed by atoms with Crippen molar-refractivity contribution in [3.05, 3.63) is 35.1 Å². The second-order valence-electron chi connectivity index (χ2n) is 6.62. The number of rotatable bonds is 1. The fourth-order valence-corrected chi connectivity index (χ4v) is 3.00. The van der Waals surface area contributed by atoms with Crippen molar-refractivity contribution in [3.63, 3.8) is 0 Å². The van der Waals surface area contributed by atoms with Gasteiger partial charge in [0, 0.05) is 11.6 Å². The number of nitrogens with two attached hydrogens (primary N) is 1. The van der Waals surface area contributed by atoms with Crippen LogP contribution < -0.4 is 5.73 Å². The fourth-order valence-electron chi connectivity index (χ4n) is 3.00. The van der Waals surface area contributed by atoms with E-state index < -0.39 is 0 Å². The Morgan fingerprint density at radius 1 is 1.32 bits per heavy atom. The molecule has 3 heteroatoms. The summed E-state index contributed by atoms with van der Waals surface area (Å²) >= 11 is 0. The molecule has 0 radical (unpaired) electrons. The van der Waals surface area contributed by atoms with Gasteiger partial charge in [-0.2, -0.15) is 0 Å². The van der Waals surface area contributed by atoms with Crippen molar-refractivity contribution >= 4 is 0 Å². The van der Waals surface area contributed by atoms with Gasteiger partial charge in [0.2, 0.25) is 0 Å². The second kappa shape index (κ2) is 5.22. The SMILES string of the molecule is Cc1ccc(C2C(N)CCCN2C(C)(C)C)cc1F. The number of benzene rings is 1. The molecule has 0 amide bonds. The van der Waals surface area contributed by atoms with E-state index in [1.54, 1.807) is 13.0 Å². The van der Waals surface area contributed by atoms with Crippen LogP contribution in [-0.2, 0) is 0 Å². The van der Waals surface area contributed by atoms with Crippen LogP contribution >= 0.6 is 0 Å². The molecule has 2 unspecified atom stereocenters. The van der Waals surface area contributed by atoms with Gasteiger partial charge in [-0.15, -0.1) is 0 Å². The van der Waals surface area contributed by atoms with E-state index in [-0.39, 0.29) is 23.4 Å². The lowest BCUT2D eigenvalue weighted by Crippen LogP contribution is -2.53. The molecule has 1 aromatic rings. The molecule has 1 aliphatic heterocycles. The summed E-state index contributed by atoms with van der Waals surface area (Å²) in [4.78, 5) is 2.41. The number of hydrogen-bond acceptors (Lipinski definition) is 2. The molecule has 2 nitrogen and oxygen atoms in total. The summed E-state index contributed by atoms with van der Waals surface area (Å²) in [5, 5.41) is 0. The first-order valence-electron chi connectivity index (χ1n) is 7.09. The minimum atomic E-state index is -0.135. The Labute approximate surface area is 115 Å². The highest BCUT2D eigenvalue weighted by atomic mass is 19.1. The molecular formula is C16H25FN2. The van der Waals surface area contributed by atoms with Crippen molar-refractivity contribution in [1.82, 2.24) is 4.90 Å². The third-order valence-electron chi connectivity index (χ3n) is 4.08. The predicted molar refractivity (Wildman–Crippen MR) is 77.5 cm³/mol. The Hall–Kier alpha value is -0.930. The summed E-state index contributed by atoms with van der Waals surface area (Å²) < 4.78 is 13.8. The quantitative estimate of drug-likeness (QED) is 0.842. The van der Waals surface area contributed by atoms with E-state index in [2.05, 4.69) is 25.7 Å². The summed E-state index contributed by atoms with van der Waals surface area (Å²) in [6.07, 6.45) is 2.12. The monoisotopic (exact) mass is 264 g/mol. The summed E-state index contributed by atoms with van der Waals surface area (Å²) in [5.41, 5.74) is 8.06.